The van der Waals surface area contributed by atoms with Crippen molar-refractivity contribution in [3.63, 3.8) is 0 Å². The molecule has 0 aliphatic carbocycles. The van der Waals surface area contributed by atoms with E-state index in [9.17, 15) is 5.11 Å². The molecule has 90 valence electrons. The van der Waals surface area contributed by atoms with E-state index in [0.29, 0.717) is 19.1 Å². The van der Waals surface area contributed by atoms with Gasteiger partial charge in [-0.2, -0.15) is 0 Å². The highest BCUT2D eigenvalue weighted by molar-refractivity contribution is 4.74. The van der Waals surface area contributed by atoms with Crippen LogP contribution in [0.2, 0.25) is 0 Å². The first-order valence-electron chi connectivity index (χ1n) is 5.94. The lowest BCUT2D eigenvalue weighted by Crippen LogP contribution is -2.41. The molecule has 0 spiro atoms. The van der Waals surface area contributed by atoms with Crippen molar-refractivity contribution in [3.05, 3.63) is 0 Å². The Bertz CT molecular complexity index is 159. The summed E-state index contributed by atoms with van der Waals surface area (Å²) in [4.78, 5) is 2.30. The zero-order chi connectivity index (χ0) is 11.1. The third-order valence-electron chi connectivity index (χ3n) is 3.02. The van der Waals surface area contributed by atoms with Gasteiger partial charge < -0.3 is 20.5 Å². The molecule has 1 unspecified atom stereocenters. The quantitative estimate of drug-likeness (QED) is 0.659. The van der Waals surface area contributed by atoms with E-state index in [1.54, 1.807) is 0 Å². The van der Waals surface area contributed by atoms with Crippen molar-refractivity contribution in [3.8, 4) is 0 Å². The molecule has 0 aromatic heterocycles. The van der Waals surface area contributed by atoms with E-state index in [0.717, 1.165) is 39.0 Å². The van der Waals surface area contributed by atoms with Crippen molar-refractivity contribution in [2.45, 2.75) is 25.9 Å². The van der Waals surface area contributed by atoms with Gasteiger partial charge in [0.1, 0.15) is 0 Å². The Morgan fingerprint density at radius 3 is 2.67 bits per heavy atom. The number of nitrogens with zero attached hydrogens (tertiary/aromatic N) is 1. The third kappa shape index (κ3) is 4.93. The standard InChI is InChI=1S/C11H24N2O2/c1-2-15-9-11(14)8-13-5-3-10(7-12)4-6-13/h10-11,14H,2-9,12H2,1H3. The van der Waals surface area contributed by atoms with Crippen LogP contribution in [0.15, 0.2) is 0 Å². The van der Waals surface area contributed by atoms with Crippen molar-refractivity contribution in [2.24, 2.45) is 11.7 Å². The molecule has 4 nitrogen and oxygen atoms in total. The second kappa shape index (κ2) is 7.17. The van der Waals surface area contributed by atoms with Gasteiger partial charge in [-0.3, -0.25) is 0 Å². The maximum Gasteiger partial charge on any atom is 0.0900 e. The highest BCUT2D eigenvalue weighted by Gasteiger charge is 2.19. The number of aliphatic hydroxyl groups excluding tert-OH is 1. The van der Waals surface area contributed by atoms with E-state index in [4.69, 9.17) is 10.5 Å². The maximum absolute atomic E-state index is 9.66. The Kier molecular flexibility index (Phi) is 6.17. The van der Waals surface area contributed by atoms with Gasteiger partial charge in [-0.05, 0) is 45.3 Å². The number of likely N-dealkylation sites (tertiary alicyclic amines) is 1. The summed E-state index contributed by atoms with van der Waals surface area (Å²) in [5, 5.41) is 9.66. The Morgan fingerprint density at radius 2 is 2.13 bits per heavy atom. The van der Waals surface area contributed by atoms with E-state index in [-0.39, 0.29) is 6.10 Å². The SMILES string of the molecule is CCOCC(O)CN1CCC(CN)CC1. The van der Waals surface area contributed by atoms with E-state index >= 15 is 0 Å². The topological polar surface area (TPSA) is 58.7 Å². The first-order valence-corrected chi connectivity index (χ1v) is 5.94. The normalized spacial score (nSPS) is 21.8. The molecule has 1 atom stereocenters. The molecule has 1 aliphatic heterocycles. The van der Waals surface area contributed by atoms with Gasteiger partial charge in [0.25, 0.3) is 0 Å². The molecule has 0 bridgehead atoms. The average Bonchev–Trinajstić information content (AvgIpc) is 2.27. The molecule has 0 amide bonds. The van der Waals surface area contributed by atoms with E-state index in [1.165, 1.54) is 0 Å². The van der Waals surface area contributed by atoms with Gasteiger partial charge in [-0.15, -0.1) is 0 Å². The van der Waals surface area contributed by atoms with Gasteiger partial charge in [0.2, 0.25) is 0 Å². The second-order valence-electron chi connectivity index (χ2n) is 4.29. The summed E-state index contributed by atoms with van der Waals surface area (Å²) in [6, 6.07) is 0. The van der Waals surface area contributed by atoms with Crippen LogP contribution in [0, 0.1) is 5.92 Å². The van der Waals surface area contributed by atoms with Crippen LogP contribution < -0.4 is 5.73 Å². The highest BCUT2D eigenvalue weighted by atomic mass is 16.5. The second-order valence-corrected chi connectivity index (χ2v) is 4.29. The number of aliphatic hydroxyl groups is 1. The van der Waals surface area contributed by atoms with Gasteiger partial charge >= 0.3 is 0 Å². The number of piperidine rings is 1. The Hall–Kier alpha value is -0.160. The number of hydrogen-bond donors (Lipinski definition) is 2. The average molecular weight is 216 g/mol. The molecule has 1 saturated heterocycles. The highest BCUT2D eigenvalue weighted by Crippen LogP contribution is 2.15. The summed E-state index contributed by atoms with van der Waals surface area (Å²) in [7, 11) is 0. The van der Waals surface area contributed by atoms with Crippen molar-refractivity contribution < 1.29 is 9.84 Å². The van der Waals surface area contributed by atoms with Gasteiger partial charge in [0.15, 0.2) is 0 Å². The monoisotopic (exact) mass is 216 g/mol. The fourth-order valence-electron chi connectivity index (χ4n) is 2.01. The lowest BCUT2D eigenvalue weighted by atomic mass is 9.97. The van der Waals surface area contributed by atoms with Crippen LogP contribution in [0.25, 0.3) is 0 Å². The first kappa shape index (κ1) is 12.9. The zero-order valence-electron chi connectivity index (χ0n) is 9.69. The Balaban J connectivity index is 2.12. The van der Waals surface area contributed by atoms with Crippen LogP contribution in [-0.2, 0) is 4.74 Å². The predicted molar refractivity (Wildman–Crippen MR) is 60.7 cm³/mol. The van der Waals surface area contributed by atoms with Crippen molar-refractivity contribution in [1.82, 2.24) is 4.90 Å². The number of β-amino-alcohol motifs (C(OH)–C–C–N with tert-alkyl or cyclic N) is 1. The molecule has 1 fully saturated rings. The fourth-order valence-corrected chi connectivity index (χ4v) is 2.01. The summed E-state index contributed by atoms with van der Waals surface area (Å²) in [6.07, 6.45) is 1.98. The van der Waals surface area contributed by atoms with Gasteiger partial charge in [-0.25, -0.2) is 0 Å². The molecule has 3 N–H and O–H groups in total. The summed E-state index contributed by atoms with van der Waals surface area (Å²) < 4.78 is 5.18. The fraction of sp³-hybridized carbons (Fsp3) is 1.00. The van der Waals surface area contributed by atoms with Gasteiger partial charge in [0, 0.05) is 13.2 Å². The predicted octanol–water partition coefficient (Wildman–Crippen LogP) is 0.0545. The molecule has 1 aliphatic rings. The minimum Gasteiger partial charge on any atom is -0.389 e. The smallest absolute Gasteiger partial charge is 0.0900 e. The lowest BCUT2D eigenvalue weighted by Gasteiger charge is -2.32. The lowest BCUT2D eigenvalue weighted by molar-refractivity contribution is 0.0149. The minimum atomic E-state index is -0.348. The van der Waals surface area contributed by atoms with Crippen molar-refractivity contribution in [2.75, 3.05) is 39.4 Å². The van der Waals surface area contributed by atoms with Crippen LogP contribution in [0.5, 0.6) is 0 Å². The largest absolute Gasteiger partial charge is 0.389 e. The molecule has 0 aromatic carbocycles. The molecule has 1 heterocycles. The Morgan fingerprint density at radius 1 is 1.47 bits per heavy atom. The molecule has 0 saturated carbocycles. The van der Waals surface area contributed by atoms with Crippen molar-refractivity contribution in [1.29, 1.82) is 0 Å². The maximum atomic E-state index is 9.66. The van der Waals surface area contributed by atoms with E-state index < -0.39 is 0 Å². The van der Waals surface area contributed by atoms with Crippen LogP contribution in [0.1, 0.15) is 19.8 Å². The molecule has 0 aromatic rings. The van der Waals surface area contributed by atoms with Gasteiger partial charge in [-0.1, -0.05) is 0 Å². The van der Waals surface area contributed by atoms with E-state index in [2.05, 4.69) is 4.90 Å². The molecular formula is C11H24N2O2. The van der Waals surface area contributed by atoms with Crippen LogP contribution in [-0.4, -0.2) is 55.5 Å². The zero-order valence-corrected chi connectivity index (χ0v) is 9.69. The number of ether oxygens (including phenoxy) is 1. The minimum absolute atomic E-state index is 0.348. The summed E-state index contributed by atoms with van der Waals surface area (Å²) >= 11 is 0. The van der Waals surface area contributed by atoms with Crippen LogP contribution in [0.3, 0.4) is 0 Å². The van der Waals surface area contributed by atoms with Crippen LogP contribution in [0.4, 0.5) is 0 Å². The summed E-state index contributed by atoms with van der Waals surface area (Å²) in [5.41, 5.74) is 5.63. The van der Waals surface area contributed by atoms with E-state index in [1.807, 2.05) is 6.92 Å². The van der Waals surface area contributed by atoms with Crippen molar-refractivity contribution >= 4 is 0 Å². The molecule has 4 heteroatoms. The first-order chi connectivity index (χ1) is 7.26. The van der Waals surface area contributed by atoms with Gasteiger partial charge in [0.05, 0.1) is 12.7 Å². The number of hydrogen-bond acceptors (Lipinski definition) is 4. The molecular weight excluding hydrogens is 192 g/mol. The molecule has 0 radical (unpaired) electrons. The molecule has 1 rings (SSSR count). The van der Waals surface area contributed by atoms with Crippen LogP contribution >= 0.6 is 0 Å². The number of nitrogens with two attached hydrogens (primary N) is 1. The number of rotatable bonds is 6. The Labute approximate surface area is 92.4 Å². The molecule has 15 heavy (non-hydrogen) atoms. The summed E-state index contributed by atoms with van der Waals surface area (Å²) in [6.45, 7) is 6.72. The summed E-state index contributed by atoms with van der Waals surface area (Å²) in [5.74, 6) is 0.685. The third-order valence-corrected chi connectivity index (χ3v) is 3.02.